The van der Waals surface area contributed by atoms with Crippen LogP contribution in [-0.2, 0) is 9.59 Å². The average Bonchev–Trinajstić information content (AvgIpc) is 2.59. The first-order valence-electron chi connectivity index (χ1n) is 7.66. The fraction of sp³-hybridized carbons (Fsp3) is 0.500. The maximum Gasteiger partial charge on any atom is 0.260 e. The molecule has 2 rings (SSSR count). The van der Waals surface area contributed by atoms with Crippen LogP contribution < -0.4 is 10.5 Å². The molecule has 0 spiro atoms. The largest absolute Gasteiger partial charge is 0.484 e. The number of piperazine rings is 1. The Kier molecular flexibility index (Phi) is 8.52. The Balaban J connectivity index is 0.00000288. The van der Waals surface area contributed by atoms with Crippen LogP contribution in [0.15, 0.2) is 28.7 Å². The van der Waals surface area contributed by atoms with Gasteiger partial charge in [0.2, 0.25) is 5.91 Å². The third-order valence-corrected chi connectivity index (χ3v) is 4.42. The highest BCUT2D eigenvalue weighted by Gasteiger charge is 2.26. The summed E-state index contributed by atoms with van der Waals surface area (Å²) in [5, 5.41) is 0. The molecule has 24 heavy (non-hydrogen) atoms. The average molecular weight is 421 g/mol. The van der Waals surface area contributed by atoms with Crippen molar-refractivity contribution < 1.29 is 14.3 Å². The van der Waals surface area contributed by atoms with Gasteiger partial charge in [-0.05, 0) is 24.3 Å². The number of hydrogen-bond acceptors (Lipinski definition) is 4. The molecule has 1 fully saturated rings. The van der Waals surface area contributed by atoms with Gasteiger partial charge in [0.05, 0.1) is 0 Å². The summed E-state index contributed by atoms with van der Waals surface area (Å²) in [6, 6.07) is 7.34. The molecule has 2 amide bonds. The third kappa shape index (κ3) is 5.65. The number of ether oxygens (including phenoxy) is 1. The van der Waals surface area contributed by atoms with E-state index in [0.717, 1.165) is 4.47 Å². The molecular formula is C16H23BrClN3O3. The van der Waals surface area contributed by atoms with Crippen LogP contribution in [0.3, 0.4) is 0 Å². The monoisotopic (exact) mass is 419 g/mol. The van der Waals surface area contributed by atoms with Gasteiger partial charge < -0.3 is 20.3 Å². The Labute approximate surface area is 156 Å². The van der Waals surface area contributed by atoms with Gasteiger partial charge in [-0.15, -0.1) is 12.4 Å². The number of carbonyl (C=O) groups excluding carboxylic acids is 2. The van der Waals surface area contributed by atoms with Crippen molar-refractivity contribution in [3.8, 4) is 5.75 Å². The lowest BCUT2D eigenvalue weighted by atomic mass is 10.1. The highest BCUT2D eigenvalue weighted by atomic mass is 79.9. The molecule has 1 heterocycles. The van der Waals surface area contributed by atoms with Gasteiger partial charge in [0.1, 0.15) is 5.75 Å². The van der Waals surface area contributed by atoms with Crippen LogP contribution in [0, 0.1) is 5.92 Å². The van der Waals surface area contributed by atoms with Gasteiger partial charge in [0, 0.05) is 43.1 Å². The van der Waals surface area contributed by atoms with Gasteiger partial charge in [-0.1, -0.05) is 22.9 Å². The zero-order valence-corrected chi connectivity index (χ0v) is 16.0. The summed E-state index contributed by atoms with van der Waals surface area (Å²) in [6.45, 7) is 4.34. The lowest BCUT2D eigenvalue weighted by Crippen LogP contribution is -2.53. The highest BCUT2D eigenvalue weighted by Crippen LogP contribution is 2.16. The van der Waals surface area contributed by atoms with Crippen molar-refractivity contribution in [1.82, 2.24) is 9.80 Å². The number of halogens is 2. The number of amides is 2. The second-order valence-corrected chi connectivity index (χ2v) is 6.50. The van der Waals surface area contributed by atoms with Crippen LogP contribution in [0.25, 0.3) is 0 Å². The number of carbonyl (C=O) groups is 2. The Morgan fingerprint density at radius 2 is 1.71 bits per heavy atom. The van der Waals surface area contributed by atoms with Crippen LogP contribution in [0.5, 0.6) is 5.75 Å². The van der Waals surface area contributed by atoms with Crippen LogP contribution in [0.2, 0.25) is 0 Å². The summed E-state index contributed by atoms with van der Waals surface area (Å²) in [7, 11) is 0. The van der Waals surface area contributed by atoms with Gasteiger partial charge in [0.25, 0.3) is 5.91 Å². The number of rotatable bonds is 5. The number of nitrogens with zero attached hydrogens (tertiary/aromatic N) is 2. The van der Waals surface area contributed by atoms with Crippen LogP contribution >= 0.6 is 28.3 Å². The van der Waals surface area contributed by atoms with Crippen molar-refractivity contribution in [3.63, 3.8) is 0 Å². The zero-order chi connectivity index (χ0) is 16.8. The topological polar surface area (TPSA) is 75.9 Å². The van der Waals surface area contributed by atoms with Crippen LogP contribution in [0.1, 0.15) is 6.92 Å². The van der Waals surface area contributed by atoms with E-state index in [4.69, 9.17) is 10.5 Å². The molecule has 0 saturated carbocycles. The van der Waals surface area contributed by atoms with Gasteiger partial charge >= 0.3 is 0 Å². The SMILES string of the molecule is CC(CN)C(=O)N1CCN(C(=O)COc2ccc(Br)cc2)CC1.Cl. The van der Waals surface area contributed by atoms with Crippen molar-refractivity contribution in [1.29, 1.82) is 0 Å². The van der Waals surface area contributed by atoms with E-state index in [1.165, 1.54) is 0 Å². The molecule has 2 N–H and O–H groups in total. The summed E-state index contributed by atoms with van der Waals surface area (Å²) in [5.74, 6) is 0.489. The molecule has 1 aromatic carbocycles. The quantitative estimate of drug-likeness (QED) is 0.783. The first kappa shape index (κ1) is 20.7. The smallest absolute Gasteiger partial charge is 0.260 e. The van der Waals surface area contributed by atoms with E-state index in [1.807, 2.05) is 31.2 Å². The molecule has 6 nitrogen and oxygen atoms in total. The molecule has 1 saturated heterocycles. The number of hydrogen-bond donors (Lipinski definition) is 1. The van der Waals surface area contributed by atoms with E-state index >= 15 is 0 Å². The maximum atomic E-state index is 12.2. The normalized spacial score (nSPS) is 15.5. The molecule has 0 bridgehead atoms. The Bertz CT molecular complexity index is 548. The second kappa shape index (κ2) is 9.86. The van der Waals surface area contributed by atoms with E-state index in [1.54, 1.807) is 9.80 Å². The fourth-order valence-electron chi connectivity index (χ4n) is 2.36. The standard InChI is InChI=1S/C16H22BrN3O3.ClH/c1-12(10-18)16(22)20-8-6-19(7-9-20)15(21)11-23-14-4-2-13(17)3-5-14;/h2-5,12H,6-11,18H2,1H3;1H. The predicted molar refractivity (Wildman–Crippen MR) is 98.3 cm³/mol. The molecule has 0 radical (unpaired) electrons. The maximum absolute atomic E-state index is 12.2. The van der Waals surface area contributed by atoms with Gasteiger partial charge in [-0.2, -0.15) is 0 Å². The molecule has 1 aliphatic heterocycles. The van der Waals surface area contributed by atoms with Crippen molar-refractivity contribution >= 4 is 40.2 Å². The molecule has 8 heteroatoms. The van der Waals surface area contributed by atoms with Crippen molar-refractivity contribution in [3.05, 3.63) is 28.7 Å². The van der Waals surface area contributed by atoms with E-state index < -0.39 is 0 Å². The molecule has 1 unspecified atom stereocenters. The minimum Gasteiger partial charge on any atom is -0.484 e. The molecule has 1 aliphatic rings. The van der Waals surface area contributed by atoms with Gasteiger partial charge in [0.15, 0.2) is 6.61 Å². The van der Waals surface area contributed by atoms with Gasteiger partial charge in [-0.25, -0.2) is 0 Å². The first-order chi connectivity index (χ1) is 11.0. The van der Waals surface area contributed by atoms with Crippen molar-refractivity contribution in [2.75, 3.05) is 39.3 Å². The summed E-state index contributed by atoms with van der Waals surface area (Å²) in [6.07, 6.45) is 0. The van der Waals surface area contributed by atoms with E-state index in [-0.39, 0.29) is 36.7 Å². The molecule has 1 atom stereocenters. The molecule has 1 aromatic rings. The van der Waals surface area contributed by atoms with Crippen molar-refractivity contribution in [2.24, 2.45) is 11.7 Å². The summed E-state index contributed by atoms with van der Waals surface area (Å²) >= 11 is 3.35. The molecule has 0 aliphatic carbocycles. The summed E-state index contributed by atoms with van der Waals surface area (Å²) < 4.78 is 6.46. The summed E-state index contributed by atoms with van der Waals surface area (Å²) in [4.78, 5) is 27.7. The number of nitrogens with two attached hydrogens (primary N) is 1. The highest BCUT2D eigenvalue weighted by molar-refractivity contribution is 9.10. The minimum atomic E-state index is -0.169. The second-order valence-electron chi connectivity index (χ2n) is 5.59. The Hall–Kier alpha value is -1.31. The predicted octanol–water partition coefficient (Wildman–Crippen LogP) is 1.52. The van der Waals surface area contributed by atoms with E-state index in [2.05, 4.69) is 15.9 Å². The fourth-order valence-corrected chi connectivity index (χ4v) is 2.62. The van der Waals surface area contributed by atoms with Gasteiger partial charge in [-0.3, -0.25) is 9.59 Å². The molecule has 0 aromatic heterocycles. The lowest BCUT2D eigenvalue weighted by Gasteiger charge is -2.35. The number of benzene rings is 1. The Morgan fingerprint density at radius 3 is 2.25 bits per heavy atom. The van der Waals surface area contributed by atoms with Crippen molar-refractivity contribution in [2.45, 2.75) is 6.92 Å². The minimum absolute atomic E-state index is 0. The zero-order valence-electron chi connectivity index (χ0n) is 13.6. The summed E-state index contributed by atoms with van der Waals surface area (Å²) in [5.41, 5.74) is 5.53. The van der Waals surface area contributed by atoms with E-state index in [9.17, 15) is 9.59 Å². The Morgan fingerprint density at radius 1 is 1.17 bits per heavy atom. The first-order valence-corrected chi connectivity index (χ1v) is 8.45. The van der Waals surface area contributed by atoms with E-state index in [0.29, 0.717) is 38.5 Å². The third-order valence-electron chi connectivity index (χ3n) is 3.90. The molecular weight excluding hydrogens is 398 g/mol. The van der Waals surface area contributed by atoms with Crippen LogP contribution in [0.4, 0.5) is 0 Å². The van der Waals surface area contributed by atoms with Crippen LogP contribution in [-0.4, -0.2) is 60.9 Å². The lowest BCUT2D eigenvalue weighted by molar-refractivity contribution is -0.142. The molecule has 134 valence electrons.